The lowest BCUT2D eigenvalue weighted by Gasteiger charge is -2.17. The van der Waals surface area contributed by atoms with Crippen molar-refractivity contribution < 1.29 is 9.84 Å². The molecule has 0 saturated carbocycles. The molecule has 0 bridgehead atoms. The van der Waals surface area contributed by atoms with Gasteiger partial charge in [-0.3, -0.25) is 4.68 Å². The van der Waals surface area contributed by atoms with E-state index in [0.717, 1.165) is 22.3 Å². The SMILES string of the molecule is COc1cc(C)cc(C)c1C(O)c1cnn(C(C)C)c1. The first-order chi connectivity index (χ1) is 9.43. The lowest BCUT2D eigenvalue weighted by molar-refractivity contribution is 0.213. The minimum absolute atomic E-state index is 0.275. The zero-order valence-corrected chi connectivity index (χ0v) is 12.7. The quantitative estimate of drug-likeness (QED) is 0.931. The number of hydrogen-bond acceptors (Lipinski definition) is 3. The van der Waals surface area contributed by atoms with Crippen LogP contribution < -0.4 is 4.74 Å². The van der Waals surface area contributed by atoms with E-state index in [4.69, 9.17) is 4.74 Å². The third-order valence-corrected chi connectivity index (χ3v) is 3.45. The number of aryl methyl sites for hydroxylation is 2. The van der Waals surface area contributed by atoms with Gasteiger partial charge in [-0.05, 0) is 44.9 Å². The summed E-state index contributed by atoms with van der Waals surface area (Å²) in [4.78, 5) is 0. The predicted molar refractivity (Wildman–Crippen MR) is 79.1 cm³/mol. The highest BCUT2D eigenvalue weighted by Crippen LogP contribution is 2.33. The van der Waals surface area contributed by atoms with Crippen LogP contribution in [0.4, 0.5) is 0 Å². The molecule has 0 fully saturated rings. The number of nitrogens with zero attached hydrogens (tertiary/aromatic N) is 2. The average Bonchev–Trinajstić information content (AvgIpc) is 2.86. The van der Waals surface area contributed by atoms with Gasteiger partial charge in [0.15, 0.2) is 0 Å². The summed E-state index contributed by atoms with van der Waals surface area (Å²) >= 11 is 0. The molecule has 0 spiro atoms. The van der Waals surface area contributed by atoms with Crippen molar-refractivity contribution in [1.82, 2.24) is 9.78 Å². The molecule has 1 atom stereocenters. The zero-order valence-electron chi connectivity index (χ0n) is 12.7. The van der Waals surface area contributed by atoms with E-state index in [1.54, 1.807) is 13.3 Å². The fraction of sp³-hybridized carbons (Fsp3) is 0.438. The first kappa shape index (κ1) is 14.6. The normalized spacial score (nSPS) is 12.8. The zero-order chi connectivity index (χ0) is 14.9. The molecule has 0 saturated heterocycles. The first-order valence-corrected chi connectivity index (χ1v) is 6.81. The Morgan fingerprint density at radius 1 is 1.25 bits per heavy atom. The highest BCUT2D eigenvalue weighted by Gasteiger charge is 2.20. The predicted octanol–water partition coefficient (Wildman–Crippen LogP) is 3.17. The fourth-order valence-corrected chi connectivity index (χ4v) is 2.40. The van der Waals surface area contributed by atoms with E-state index in [1.807, 2.05) is 36.9 Å². The molecule has 0 aliphatic carbocycles. The average molecular weight is 274 g/mol. The Kier molecular flexibility index (Phi) is 4.14. The molecule has 4 heteroatoms. The maximum Gasteiger partial charge on any atom is 0.125 e. The second-order valence-corrected chi connectivity index (χ2v) is 5.45. The van der Waals surface area contributed by atoms with Gasteiger partial charge in [0.1, 0.15) is 11.9 Å². The number of benzene rings is 1. The molecule has 20 heavy (non-hydrogen) atoms. The molecule has 2 rings (SSSR count). The molecule has 108 valence electrons. The fourth-order valence-electron chi connectivity index (χ4n) is 2.40. The summed E-state index contributed by atoms with van der Waals surface area (Å²) in [5, 5.41) is 14.9. The minimum Gasteiger partial charge on any atom is -0.496 e. The topological polar surface area (TPSA) is 47.3 Å². The summed E-state index contributed by atoms with van der Waals surface area (Å²) in [5.41, 5.74) is 3.73. The number of hydrogen-bond donors (Lipinski definition) is 1. The van der Waals surface area contributed by atoms with Crippen molar-refractivity contribution >= 4 is 0 Å². The van der Waals surface area contributed by atoms with Gasteiger partial charge in [0, 0.05) is 23.4 Å². The van der Waals surface area contributed by atoms with Gasteiger partial charge in [0.25, 0.3) is 0 Å². The molecule has 1 N–H and O–H groups in total. The van der Waals surface area contributed by atoms with E-state index in [9.17, 15) is 5.11 Å². The van der Waals surface area contributed by atoms with Gasteiger partial charge in [-0.2, -0.15) is 5.10 Å². The van der Waals surface area contributed by atoms with Crippen LogP contribution in [0.2, 0.25) is 0 Å². The Labute approximate surface area is 120 Å². The van der Waals surface area contributed by atoms with Crippen molar-refractivity contribution in [2.24, 2.45) is 0 Å². The maximum absolute atomic E-state index is 10.6. The van der Waals surface area contributed by atoms with E-state index in [2.05, 4.69) is 18.9 Å². The smallest absolute Gasteiger partial charge is 0.125 e. The summed E-state index contributed by atoms with van der Waals surface area (Å²) in [6, 6.07) is 4.27. The van der Waals surface area contributed by atoms with Crippen LogP contribution in [0.25, 0.3) is 0 Å². The number of ether oxygens (including phenoxy) is 1. The summed E-state index contributed by atoms with van der Waals surface area (Å²) in [5.74, 6) is 0.715. The molecular weight excluding hydrogens is 252 g/mol. The van der Waals surface area contributed by atoms with Crippen molar-refractivity contribution in [2.45, 2.75) is 39.8 Å². The minimum atomic E-state index is -0.724. The number of aliphatic hydroxyl groups excluding tert-OH is 1. The third kappa shape index (κ3) is 2.70. The first-order valence-electron chi connectivity index (χ1n) is 6.81. The van der Waals surface area contributed by atoms with Crippen LogP contribution in [0.3, 0.4) is 0 Å². The standard InChI is InChI=1S/C16H22N2O2/c1-10(2)18-9-13(8-17-18)16(19)15-12(4)6-11(3)7-14(15)20-5/h6-10,16,19H,1-5H3. The van der Waals surface area contributed by atoms with Crippen LogP contribution in [-0.2, 0) is 0 Å². The Morgan fingerprint density at radius 2 is 1.95 bits per heavy atom. The monoisotopic (exact) mass is 274 g/mol. The Balaban J connectivity index is 2.44. The van der Waals surface area contributed by atoms with Gasteiger partial charge >= 0.3 is 0 Å². The van der Waals surface area contributed by atoms with Crippen molar-refractivity contribution in [3.05, 3.63) is 46.8 Å². The Morgan fingerprint density at radius 3 is 2.50 bits per heavy atom. The largest absolute Gasteiger partial charge is 0.496 e. The van der Waals surface area contributed by atoms with Gasteiger partial charge in [-0.25, -0.2) is 0 Å². The molecule has 4 nitrogen and oxygen atoms in total. The number of aliphatic hydroxyl groups is 1. The van der Waals surface area contributed by atoms with Gasteiger partial charge in [-0.15, -0.1) is 0 Å². The molecule has 0 aliphatic rings. The molecule has 2 aromatic rings. The number of methoxy groups -OCH3 is 1. The second kappa shape index (κ2) is 5.67. The van der Waals surface area contributed by atoms with E-state index in [0.29, 0.717) is 5.75 Å². The van der Waals surface area contributed by atoms with Crippen molar-refractivity contribution in [2.75, 3.05) is 7.11 Å². The number of rotatable bonds is 4. The van der Waals surface area contributed by atoms with Crippen LogP contribution >= 0.6 is 0 Å². The van der Waals surface area contributed by atoms with Gasteiger partial charge < -0.3 is 9.84 Å². The summed E-state index contributed by atoms with van der Waals surface area (Å²) in [6.45, 7) is 8.12. The van der Waals surface area contributed by atoms with Crippen LogP contribution in [0.1, 0.15) is 48.2 Å². The molecular formula is C16H22N2O2. The highest BCUT2D eigenvalue weighted by molar-refractivity contribution is 5.47. The number of aromatic nitrogens is 2. The van der Waals surface area contributed by atoms with Gasteiger partial charge in [-0.1, -0.05) is 6.07 Å². The summed E-state index contributed by atoms with van der Waals surface area (Å²) in [7, 11) is 1.63. The van der Waals surface area contributed by atoms with Crippen LogP contribution in [0, 0.1) is 13.8 Å². The molecule has 0 aliphatic heterocycles. The molecule has 1 aromatic heterocycles. The molecule has 1 aromatic carbocycles. The van der Waals surface area contributed by atoms with E-state index < -0.39 is 6.10 Å². The Hall–Kier alpha value is -1.81. The van der Waals surface area contributed by atoms with E-state index >= 15 is 0 Å². The Bertz CT molecular complexity index is 603. The second-order valence-electron chi connectivity index (χ2n) is 5.45. The lowest BCUT2D eigenvalue weighted by Crippen LogP contribution is -2.05. The third-order valence-electron chi connectivity index (χ3n) is 3.45. The summed E-state index contributed by atoms with van der Waals surface area (Å²) < 4.78 is 7.26. The maximum atomic E-state index is 10.6. The van der Waals surface area contributed by atoms with Crippen LogP contribution in [-0.4, -0.2) is 22.0 Å². The van der Waals surface area contributed by atoms with E-state index in [1.165, 1.54) is 0 Å². The molecule has 1 unspecified atom stereocenters. The lowest BCUT2D eigenvalue weighted by atomic mass is 9.96. The molecule has 1 heterocycles. The van der Waals surface area contributed by atoms with Gasteiger partial charge in [0.05, 0.1) is 13.3 Å². The molecule has 0 amide bonds. The van der Waals surface area contributed by atoms with E-state index in [-0.39, 0.29) is 6.04 Å². The van der Waals surface area contributed by atoms with Crippen molar-refractivity contribution in [1.29, 1.82) is 0 Å². The highest BCUT2D eigenvalue weighted by atomic mass is 16.5. The van der Waals surface area contributed by atoms with Crippen molar-refractivity contribution in [3.8, 4) is 5.75 Å². The van der Waals surface area contributed by atoms with Gasteiger partial charge in [0.2, 0.25) is 0 Å². The summed E-state index contributed by atoms with van der Waals surface area (Å²) in [6.07, 6.45) is 2.87. The van der Waals surface area contributed by atoms with Crippen LogP contribution in [0.5, 0.6) is 5.75 Å². The molecule has 0 radical (unpaired) electrons. The van der Waals surface area contributed by atoms with Crippen LogP contribution in [0.15, 0.2) is 24.5 Å². The van der Waals surface area contributed by atoms with Crippen molar-refractivity contribution in [3.63, 3.8) is 0 Å².